The molecule has 3 aromatic rings. The monoisotopic (exact) mass is 404 g/mol. The lowest BCUT2D eigenvalue weighted by Gasteiger charge is -2.09. The van der Waals surface area contributed by atoms with Crippen LogP contribution in [0.1, 0.15) is 12.6 Å². The highest BCUT2D eigenvalue weighted by Gasteiger charge is 2.33. The van der Waals surface area contributed by atoms with Crippen LogP contribution in [0.5, 0.6) is 0 Å². The number of rotatable bonds is 3. The lowest BCUT2D eigenvalue weighted by atomic mass is 10.3. The van der Waals surface area contributed by atoms with Crippen LogP contribution in [0.15, 0.2) is 29.4 Å². The Balaban J connectivity index is 2.29. The maximum absolute atomic E-state index is 12.9. The van der Waals surface area contributed by atoms with Crippen LogP contribution in [0.2, 0.25) is 5.02 Å². The molecular formula is C15H12ClF3N4O2S. The molecule has 11 heteroatoms. The van der Waals surface area contributed by atoms with Crippen LogP contribution in [0.4, 0.5) is 13.2 Å². The standard InChI is InChI=1S/C15H12ClF3N4O2S/c1-3-26(24,25)11-4-8(16)6-21-13(11)14-22-9-5-12(15(17,18)19)20-7-10(9)23(14)2/h4-7H,3H2,1-2H3. The predicted octanol–water partition coefficient (Wildman–Crippen LogP) is 3.50. The van der Waals surface area contributed by atoms with Gasteiger partial charge in [0.25, 0.3) is 0 Å². The fourth-order valence-corrected chi connectivity index (χ4v) is 3.72. The van der Waals surface area contributed by atoms with E-state index in [-0.39, 0.29) is 32.7 Å². The van der Waals surface area contributed by atoms with E-state index in [1.165, 1.54) is 30.8 Å². The number of hydrogen-bond acceptors (Lipinski definition) is 5. The lowest BCUT2D eigenvalue weighted by molar-refractivity contribution is -0.141. The Bertz CT molecular complexity index is 1110. The minimum atomic E-state index is -4.61. The van der Waals surface area contributed by atoms with Gasteiger partial charge < -0.3 is 4.57 Å². The molecule has 0 fully saturated rings. The highest BCUT2D eigenvalue weighted by molar-refractivity contribution is 7.91. The Morgan fingerprint density at radius 3 is 2.50 bits per heavy atom. The van der Waals surface area contributed by atoms with Crippen LogP contribution in [0, 0.1) is 0 Å². The number of alkyl halides is 3. The maximum Gasteiger partial charge on any atom is 0.433 e. The van der Waals surface area contributed by atoms with E-state index in [4.69, 9.17) is 11.6 Å². The molecule has 26 heavy (non-hydrogen) atoms. The molecule has 3 rings (SSSR count). The largest absolute Gasteiger partial charge is 0.433 e. The van der Waals surface area contributed by atoms with E-state index >= 15 is 0 Å². The van der Waals surface area contributed by atoms with Crippen molar-refractivity contribution < 1.29 is 21.6 Å². The van der Waals surface area contributed by atoms with Gasteiger partial charge in [0.2, 0.25) is 0 Å². The predicted molar refractivity (Wildman–Crippen MR) is 89.5 cm³/mol. The van der Waals surface area contributed by atoms with E-state index in [9.17, 15) is 21.6 Å². The molecule has 0 bridgehead atoms. The number of aryl methyl sites for hydroxylation is 1. The van der Waals surface area contributed by atoms with Gasteiger partial charge in [-0.15, -0.1) is 0 Å². The van der Waals surface area contributed by atoms with Gasteiger partial charge in [0.05, 0.1) is 32.9 Å². The van der Waals surface area contributed by atoms with Crippen molar-refractivity contribution in [3.05, 3.63) is 35.2 Å². The van der Waals surface area contributed by atoms with E-state index in [0.717, 1.165) is 12.3 Å². The summed E-state index contributed by atoms with van der Waals surface area (Å²) in [6.07, 6.45) is -2.32. The Morgan fingerprint density at radius 1 is 1.19 bits per heavy atom. The average molecular weight is 405 g/mol. The van der Waals surface area contributed by atoms with Crippen molar-refractivity contribution in [2.75, 3.05) is 5.75 Å². The first kappa shape index (κ1) is 18.6. The SMILES string of the molecule is CCS(=O)(=O)c1cc(Cl)cnc1-c1nc2cc(C(F)(F)F)ncc2n1C. The Hall–Kier alpha value is -2.20. The van der Waals surface area contributed by atoms with Crippen LogP contribution in [0.25, 0.3) is 22.6 Å². The molecule has 0 amide bonds. The average Bonchev–Trinajstić information content (AvgIpc) is 2.90. The third-order valence-corrected chi connectivity index (χ3v) is 5.75. The summed E-state index contributed by atoms with van der Waals surface area (Å²) >= 11 is 5.87. The second-order valence-corrected chi connectivity index (χ2v) is 8.14. The molecule has 0 spiro atoms. The number of pyridine rings is 2. The molecule has 0 aliphatic rings. The first-order valence-corrected chi connectivity index (χ1v) is 9.36. The number of hydrogen-bond donors (Lipinski definition) is 0. The minimum absolute atomic E-state index is 0.0171. The smallest absolute Gasteiger partial charge is 0.324 e. The van der Waals surface area contributed by atoms with Gasteiger partial charge in [0.15, 0.2) is 15.7 Å². The van der Waals surface area contributed by atoms with Crippen molar-refractivity contribution in [1.29, 1.82) is 0 Å². The van der Waals surface area contributed by atoms with Crippen molar-refractivity contribution in [3.63, 3.8) is 0 Å². The van der Waals surface area contributed by atoms with Crippen molar-refractivity contribution in [2.24, 2.45) is 7.05 Å². The fourth-order valence-electron chi connectivity index (χ4n) is 2.44. The van der Waals surface area contributed by atoms with E-state index in [1.807, 2.05) is 0 Å². The number of aromatic nitrogens is 4. The summed E-state index contributed by atoms with van der Waals surface area (Å²) in [6, 6.07) is 2.06. The zero-order valence-corrected chi connectivity index (χ0v) is 15.1. The number of imidazole rings is 1. The van der Waals surface area contributed by atoms with Gasteiger partial charge in [-0.3, -0.25) is 4.98 Å². The lowest BCUT2D eigenvalue weighted by Crippen LogP contribution is -2.08. The Kier molecular flexibility index (Phi) is 4.43. The zero-order chi connectivity index (χ0) is 19.3. The van der Waals surface area contributed by atoms with Gasteiger partial charge in [-0.2, -0.15) is 13.2 Å². The van der Waals surface area contributed by atoms with E-state index in [2.05, 4.69) is 15.0 Å². The molecule has 0 unspecified atom stereocenters. The molecule has 0 aliphatic heterocycles. The number of nitrogens with zero attached hydrogens (tertiary/aromatic N) is 4. The molecule has 0 atom stereocenters. The summed E-state index contributed by atoms with van der Waals surface area (Å²) in [5.41, 5.74) is -0.727. The third-order valence-electron chi connectivity index (χ3n) is 3.80. The molecule has 0 radical (unpaired) electrons. The van der Waals surface area contributed by atoms with Gasteiger partial charge in [-0.1, -0.05) is 18.5 Å². The fraction of sp³-hybridized carbons (Fsp3) is 0.267. The second kappa shape index (κ2) is 6.20. The highest BCUT2D eigenvalue weighted by atomic mass is 35.5. The van der Waals surface area contributed by atoms with Crippen LogP contribution in [-0.4, -0.2) is 33.7 Å². The van der Waals surface area contributed by atoms with Gasteiger partial charge in [-0.05, 0) is 12.1 Å². The van der Waals surface area contributed by atoms with Gasteiger partial charge in [0.1, 0.15) is 11.4 Å². The number of halogens is 4. The maximum atomic E-state index is 12.9. The number of fused-ring (bicyclic) bond motifs is 1. The van der Waals surface area contributed by atoms with Crippen LogP contribution < -0.4 is 0 Å². The summed E-state index contributed by atoms with van der Waals surface area (Å²) in [7, 11) is -2.14. The van der Waals surface area contributed by atoms with Crippen molar-refractivity contribution in [2.45, 2.75) is 18.0 Å². The third kappa shape index (κ3) is 3.14. The first-order valence-electron chi connectivity index (χ1n) is 7.33. The summed E-state index contributed by atoms with van der Waals surface area (Å²) in [5.74, 6) is -0.0871. The summed E-state index contributed by atoms with van der Waals surface area (Å²) in [5, 5.41) is 0.126. The van der Waals surface area contributed by atoms with Crippen molar-refractivity contribution in [1.82, 2.24) is 19.5 Å². The Labute approximate surface area is 151 Å². The van der Waals surface area contributed by atoms with E-state index in [0.29, 0.717) is 5.52 Å². The molecule has 0 saturated carbocycles. The van der Waals surface area contributed by atoms with Crippen LogP contribution in [0.3, 0.4) is 0 Å². The van der Waals surface area contributed by atoms with Gasteiger partial charge in [-0.25, -0.2) is 18.4 Å². The Morgan fingerprint density at radius 2 is 1.88 bits per heavy atom. The molecule has 0 saturated heterocycles. The normalized spacial score (nSPS) is 12.7. The van der Waals surface area contributed by atoms with Crippen molar-refractivity contribution in [3.8, 4) is 11.5 Å². The van der Waals surface area contributed by atoms with Gasteiger partial charge in [0, 0.05) is 13.2 Å². The molecule has 0 N–H and O–H groups in total. The molecule has 138 valence electrons. The molecule has 0 aliphatic carbocycles. The molecule has 3 aromatic heterocycles. The minimum Gasteiger partial charge on any atom is -0.324 e. The molecule has 0 aromatic carbocycles. The number of sulfone groups is 1. The van der Waals surface area contributed by atoms with Crippen LogP contribution in [-0.2, 0) is 23.1 Å². The summed E-state index contributed by atoms with van der Waals surface area (Å²) < 4.78 is 64.7. The quantitative estimate of drug-likeness (QED) is 0.667. The topological polar surface area (TPSA) is 77.7 Å². The first-order chi connectivity index (χ1) is 12.0. The summed E-state index contributed by atoms with van der Waals surface area (Å²) in [6.45, 7) is 1.47. The summed E-state index contributed by atoms with van der Waals surface area (Å²) in [4.78, 5) is 11.5. The molecular weight excluding hydrogens is 393 g/mol. The van der Waals surface area contributed by atoms with Crippen molar-refractivity contribution >= 4 is 32.5 Å². The molecule has 3 heterocycles. The van der Waals surface area contributed by atoms with Crippen LogP contribution >= 0.6 is 11.6 Å². The molecule has 6 nitrogen and oxygen atoms in total. The van der Waals surface area contributed by atoms with E-state index in [1.54, 1.807) is 0 Å². The zero-order valence-electron chi connectivity index (χ0n) is 13.5. The highest BCUT2D eigenvalue weighted by Crippen LogP contribution is 2.32. The second-order valence-electron chi connectivity index (χ2n) is 5.45. The van der Waals surface area contributed by atoms with Gasteiger partial charge >= 0.3 is 6.18 Å². The van der Waals surface area contributed by atoms with E-state index < -0.39 is 21.7 Å².